The van der Waals surface area contributed by atoms with E-state index in [0.29, 0.717) is 5.56 Å². The minimum Gasteiger partial charge on any atom is -0.350 e. The third-order valence-corrected chi connectivity index (χ3v) is 4.40. The molecule has 1 aromatic heterocycles. The summed E-state index contributed by atoms with van der Waals surface area (Å²) >= 11 is 0. The van der Waals surface area contributed by atoms with Crippen molar-refractivity contribution in [1.82, 2.24) is 5.16 Å². The lowest BCUT2D eigenvalue weighted by Gasteiger charge is -2.08. The number of aromatic nitrogens is 1. The van der Waals surface area contributed by atoms with E-state index >= 15 is 0 Å². The molecule has 25 heavy (non-hydrogen) atoms. The summed E-state index contributed by atoms with van der Waals surface area (Å²) < 4.78 is 67.0. The fourth-order valence-corrected chi connectivity index (χ4v) is 2.87. The number of alkyl halides is 3. The SMILES string of the molecule is NS(=O)(=O)c1ccc(-c2c(-c3ccccc3)noc2C(F)(F)F)cc1. The summed E-state index contributed by atoms with van der Waals surface area (Å²) in [4.78, 5) is -0.206. The first kappa shape index (κ1) is 17.2. The minimum atomic E-state index is -4.76. The second-order valence-electron chi connectivity index (χ2n) is 5.17. The van der Waals surface area contributed by atoms with Crippen molar-refractivity contribution < 1.29 is 26.1 Å². The van der Waals surface area contributed by atoms with E-state index in [1.54, 1.807) is 30.3 Å². The number of primary sulfonamides is 1. The van der Waals surface area contributed by atoms with Crippen LogP contribution in [-0.4, -0.2) is 13.6 Å². The summed E-state index contributed by atoms with van der Waals surface area (Å²) in [6.07, 6.45) is -4.76. The highest BCUT2D eigenvalue weighted by Gasteiger charge is 2.41. The van der Waals surface area contributed by atoms with Gasteiger partial charge in [0.1, 0.15) is 5.69 Å². The molecular formula is C16H11F3N2O3S. The normalized spacial score (nSPS) is 12.3. The van der Waals surface area contributed by atoms with Crippen molar-refractivity contribution in [3.05, 3.63) is 60.4 Å². The van der Waals surface area contributed by atoms with Gasteiger partial charge in [-0.2, -0.15) is 13.2 Å². The van der Waals surface area contributed by atoms with Crippen LogP contribution in [0.4, 0.5) is 13.2 Å². The van der Waals surface area contributed by atoms with Crippen LogP contribution in [0.2, 0.25) is 0 Å². The monoisotopic (exact) mass is 368 g/mol. The topological polar surface area (TPSA) is 86.2 Å². The fourth-order valence-electron chi connectivity index (χ4n) is 2.36. The quantitative estimate of drug-likeness (QED) is 0.764. The molecule has 0 unspecified atom stereocenters. The second kappa shape index (κ2) is 6.01. The van der Waals surface area contributed by atoms with Crippen molar-refractivity contribution in [3.63, 3.8) is 0 Å². The summed E-state index contributed by atoms with van der Waals surface area (Å²) in [6.45, 7) is 0. The van der Waals surface area contributed by atoms with E-state index in [0.717, 1.165) is 12.1 Å². The van der Waals surface area contributed by atoms with Crippen LogP contribution < -0.4 is 5.14 Å². The van der Waals surface area contributed by atoms with Crippen molar-refractivity contribution in [1.29, 1.82) is 0 Å². The molecule has 9 heteroatoms. The van der Waals surface area contributed by atoms with E-state index in [2.05, 4.69) is 9.68 Å². The standard InChI is InChI=1S/C16H11F3N2O3S/c17-16(18,19)15-13(10-6-8-12(9-7-10)25(20,22)23)14(21-24-15)11-4-2-1-3-5-11/h1-9H,(H2,20,22,23). The van der Waals surface area contributed by atoms with E-state index in [-0.39, 0.29) is 21.7 Å². The highest BCUT2D eigenvalue weighted by Crippen LogP contribution is 2.42. The van der Waals surface area contributed by atoms with Gasteiger partial charge in [-0.15, -0.1) is 0 Å². The van der Waals surface area contributed by atoms with Crippen LogP contribution in [0.5, 0.6) is 0 Å². The van der Waals surface area contributed by atoms with Crippen LogP contribution in [-0.2, 0) is 16.2 Å². The Morgan fingerprint density at radius 1 is 0.920 bits per heavy atom. The van der Waals surface area contributed by atoms with Gasteiger partial charge in [0.05, 0.1) is 10.5 Å². The number of rotatable bonds is 3. The lowest BCUT2D eigenvalue weighted by molar-refractivity contribution is -0.154. The number of hydrogen-bond acceptors (Lipinski definition) is 4. The minimum absolute atomic E-state index is 0.0104. The average molecular weight is 368 g/mol. The Kier molecular flexibility index (Phi) is 4.13. The molecule has 0 saturated carbocycles. The molecule has 0 radical (unpaired) electrons. The maximum atomic E-state index is 13.3. The zero-order valence-corrected chi connectivity index (χ0v) is 13.3. The Labute approximate surface area is 140 Å². The van der Waals surface area contributed by atoms with Gasteiger partial charge in [0.2, 0.25) is 15.8 Å². The predicted molar refractivity (Wildman–Crippen MR) is 83.8 cm³/mol. The van der Waals surface area contributed by atoms with Gasteiger partial charge in [0, 0.05) is 5.56 Å². The summed E-state index contributed by atoms with van der Waals surface area (Å²) in [5, 5.41) is 8.57. The first-order chi connectivity index (χ1) is 11.7. The molecule has 0 atom stereocenters. The Hall–Kier alpha value is -2.65. The average Bonchev–Trinajstić information content (AvgIpc) is 3.00. The van der Waals surface area contributed by atoms with Crippen molar-refractivity contribution in [2.75, 3.05) is 0 Å². The summed E-state index contributed by atoms with van der Waals surface area (Å²) in [5.41, 5.74) is 0.294. The zero-order chi connectivity index (χ0) is 18.2. The highest BCUT2D eigenvalue weighted by molar-refractivity contribution is 7.89. The molecule has 0 amide bonds. The molecule has 0 spiro atoms. The number of nitrogens with zero attached hydrogens (tertiary/aromatic N) is 1. The lowest BCUT2D eigenvalue weighted by atomic mass is 9.99. The maximum absolute atomic E-state index is 13.3. The number of hydrogen-bond donors (Lipinski definition) is 1. The molecule has 5 nitrogen and oxygen atoms in total. The predicted octanol–water partition coefficient (Wildman–Crippen LogP) is 3.67. The summed E-state index contributed by atoms with van der Waals surface area (Å²) in [6, 6.07) is 13.0. The van der Waals surface area contributed by atoms with E-state index in [4.69, 9.17) is 5.14 Å². The molecule has 0 fully saturated rings. The van der Waals surface area contributed by atoms with Gasteiger partial charge in [0.15, 0.2) is 0 Å². The molecule has 0 aliphatic carbocycles. The van der Waals surface area contributed by atoms with E-state index in [9.17, 15) is 21.6 Å². The van der Waals surface area contributed by atoms with Gasteiger partial charge in [-0.3, -0.25) is 0 Å². The number of sulfonamides is 1. The number of nitrogens with two attached hydrogens (primary N) is 1. The van der Waals surface area contributed by atoms with E-state index < -0.39 is 22.0 Å². The molecule has 0 aliphatic heterocycles. The Bertz CT molecular complexity index is 995. The molecule has 0 bridgehead atoms. The molecule has 3 rings (SSSR count). The third kappa shape index (κ3) is 3.42. The van der Waals surface area contributed by atoms with Crippen LogP contribution in [0.15, 0.2) is 64.0 Å². The van der Waals surface area contributed by atoms with Crippen LogP contribution >= 0.6 is 0 Å². The molecule has 2 aromatic carbocycles. The van der Waals surface area contributed by atoms with E-state index in [1.807, 2.05) is 0 Å². The van der Waals surface area contributed by atoms with Crippen LogP contribution in [0.3, 0.4) is 0 Å². The van der Waals surface area contributed by atoms with Gasteiger partial charge >= 0.3 is 6.18 Å². The molecule has 1 heterocycles. The number of benzene rings is 2. The van der Waals surface area contributed by atoms with Crippen molar-refractivity contribution in [3.8, 4) is 22.4 Å². The number of halogens is 3. The largest absolute Gasteiger partial charge is 0.453 e. The smallest absolute Gasteiger partial charge is 0.350 e. The van der Waals surface area contributed by atoms with Gasteiger partial charge in [-0.25, -0.2) is 13.6 Å². The Balaban J connectivity index is 2.21. The molecule has 130 valence electrons. The lowest BCUT2D eigenvalue weighted by Crippen LogP contribution is -2.11. The van der Waals surface area contributed by atoms with Crippen molar-refractivity contribution in [2.45, 2.75) is 11.1 Å². The highest BCUT2D eigenvalue weighted by atomic mass is 32.2. The summed E-state index contributed by atoms with van der Waals surface area (Å²) in [5.74, 6) is -1.25. The molecule has 0 saturated heterocycles. The molecular weight excluding hydrogens is 357 g/mol. The Morgan fingerprint density at radius 3 is 2.04 bits per heavy atom. The first-order valence-electron chi connectivity index (χ1n) is 6.93. The van der Waals surface area contributed by atoms with Crippen molar-refractivity contribution in [2.24, 2.45) is 5.14 Å². The first-order valence-corrected chi connectivity index (χ1v) is 8.48. The maximum Gasteiger partial charge on any atom is 0.453 e. The fraction of sp³-hybridized carbons (Fsp3) is 0.0625. The van der Waals surface area contributed by atoms with Gasteiger partial charge in [-0.05, 0) is 17.7 Å². The second-order valence-corrected chi connectivity index (χ2v) is 6.73. The van der Waals surface area contributed by atoms with Gasteiger partial charge < -0.3 is 4.52 Å². The molecule has 2 N–H and O–H groups in total. The van der Waals surface area contributed by atoms with Crippen LogP contribution in [0.1, 0.15) is 5.76 Å². The van der Waals surface area contributed by atoms with Crippen LogP contribution in [0, 0.1) is 0 Å². The zero-order valence-electron chi connectivity index (χ0n) is 12.5. The summed E-state index contributed by atoms with van der Waals surface area (Å²) in [7, 11) is -3.95. The van der Waals surface area contributed by atoms with Crippen molar-refractivity contribution >= 4 is 10.0 Å². The van der Waals surface area contributed by atoms with Gasteiger partial charge in [0.25, 0.3) is 0 Å². The molecule has 3 aromatic rings. The Morgan fingerprint density at radius 2 is 1.52 bits per heavy atom. The van der Waals surface area contributed by atoms with E-state index in [1.165, 1.54) is 12.1 Å². The van der Waals surface area contributed by atoms with Crippen LogP contribution in [0.25, 0.3) is 22.4 Å². The van der Waals surface area contributed by atoms with Gasteiger partial charge in [-0.1, -0.05) is 47.6 Å². The third-order valence-electron chi connectivity index (χ3n) is 3.47. The molecule has 0 aliphatic rings.